The molecule has 3 N–H and O–H groups in total. The zero-order valence-electron chi connectivity index (χ0n) is 20.4. The third-order valence-electron chi connectivity index (χ3n) is 5.10. The van der Waals surface area contributed by atoms with Gasteiger partial charge in [0.15, 0.2) is 0 Å². The van der Waals surface area contributed by atoms with Crippen LogP contribution in [0.5, 0.6) is 0 Å². The van der Waals surface area contributed by atoms with Gasteiger partial charge in [-0.2, -0.15) is 0 Å². The zero-order valence-corrected chi connectivity index (χ0v) is 20.4. The normalized spacial score (nSPS) is 11.7. The SMILES string of the molecule is CCC.O=C(O)CNC(=O)c1cccc(/C=C/Cn2cccc2C(=O)c2ccc3c(c2)NCC=N3)c1. The molecule has 8 nitrogen and oxygen atoms in total. The summed E-state index contributed by atoms with van der Waals surface area (Å²) in [4.78, 5) is 40.1. The highest BCUT2D eigenvalue weighted by Gasteiger charge is 2.15. The summed E-state index contributed by atoms with van der Waals surface area (Å²) >= 11 is 0. The second-order valence-corrected chi connectivity index (χ2v) is 8.11. The number of carbonyl (C=O) groups is 3. The van der Waals surface area contributed by atoms with Gasteiger partial charge in [0.2, 0.25) is 5.78 Å². The van der Waals surface area contributed by atoms with Crippen molar-refractivity contribution >= 4 is 41.3 Å². The van der Waals surface area contributed by atoms with Gasteiger partial charge in [0.25, 0.3) is 5.91 Å². The average molecular weight is 487 g/mol. The van der Waals surface area contributed by atoms with Gasteiger partial charge in [-0.05, 0) is 48.0 Å². The number of nitrogens with zero attached hydrogens (tertiary/aromatic N) is 2. The number of hydrogen-bond acceptors (Lipinski definition) is 5. The minimum Gasteiger partial charge on any atom is -0.480 e. The van der Waals surface area contributed by atoms with Gasteiger partial charge in [-0.1, -0.05) is 44.6 Å². The van der Waals surface area contributed by atoms with E-state index in [1.807, 2.05) is 47.2 Å². The molecule has 1 aliphatic heterocycles. The van der Waals surface area contributed by atoms with E-state index < -0.39 is 18.4 Å². The van der Waals surface area contributed by atoms with Crippen LogP contribution in [0.4, 0.5) is 11.4 Å². The molecule has 3 aromatic rings. The molecule has 0 atom stereocenters. The van der Waals surface area contributed by atoms with E-state index >= 15 is 0 Å². The number of rotatable bonds is 8. The molecule has 1 aromatic heterocycles. The van der Waals surface area contributed by atoms with E-state index in [9.17, 15) is 14.4 Å². The maximum absolute atomic E-state index is 13.1. The first-order chi connectivity index (χ1) is 17.4. The van der Waals surface area contributed by atoms with Gasteiger partial charge in [0, 0.05) is 30.1 Å². The summed E-state index contributed by atoms with van der Waals surface area (Å²) in [5.41, 5.74) is 3.98. The summed E-state index contributed by atoms with van der Waals surface area (Å²) in [7, 11) is 0. The second kappa shape index (κ2) is 12.9. The van der Waals surface area contributed by atoms with Crippen LogP contribution in [0.2, 0.25) is 0 Å². The number of aliphatic imine (C=N–C) groups is 1. The number of ketones is 1. The molecule has 0 fully saturated rings. The quantitative estimate of drug-likeness (QED) is 0.396. The number of carboxylic acid groups (broad SMARTS) is 1. The van der Waals surface area contributed by atoms with Gasteiger partial charge in [0.1, 0.15) is 6.54 Å². The maximum Gasteiger partial charge on any atom is 0.322 e. The first kappa shape index (κ1) is 26.2. The molecule has 1 aliphatic rings. The van der Waals surface area contributed by atoms with E-state index in [1.54, 1.807) is 36.5 Å². The van der Waals surface area contributed by atoms with Crippen molar-refractivity contribution in [1.82, 2.24) is 9.88 Å². The van der Waals surface area contributed by atoms with Gasteiger partial charge in [0.05, 0.1) is 23.6 Å². The zero-order chi connectivity index (χ0) is 25.9. The molecule has 0 bridgehead atoms. The third kappa shape index (κ3) is 7.02. The molecule has 2 aromatic carbocycles. The molecule has 186 valence electrons. The van der Waals surface area contributed by atoms with Crippen LogP contribution in [0.15, 0.2) is 71.9 Å². The minimum atomic E-state index is -1.10. The van der Waals surface area contributed by atoms with Gasteiger partial charge in [-0.15, -0.1) is 0 Å². The Balaban J connectivity index is 0.00000115. The van der Waals surface area contributed by atoms with Crippen molar-refractivity contribution < 1.29 is 19.5 Å². The number of aliphatic carboxylic acids is 1. The Hall–Kier alpha value is -4.46. The van der Waals surface area contributed by atoms with Crippen molar-refractivity contribution in [3.63, 3.8) is 0 Å². The lowest BCUT2D eigenvalue weighted by atomic mass is 10.1. The van der Waals surface area contributed by atoms with Crippen LogP contribution in [-0.2, 0) is 11.3 Å². The lowest BCUT2D eigenvalue weighted by Crippen LogP contribution is -2.29. The maximum atomic E-state index is 13.1. The molecule has 8 heteroatoms. The summed E-state index contributed by atoms with van der Waals surface area (Å²) in [5.74, 6) is -1.63. The lowest BCUT2D eigenvalue weighted by molar-refractivity contribution is -0.135. The molecule has 0 saturated heterocycles. The molecular formula is C28H30N4O4. The Bertz CT molecular complexity index is 1290. The lowest BCUT2D eigenvalue weighted by Gasteiger charge is -2.13. The number of hydrogen-bond donors (Lipinski definition) is 3. The van der Waals surface area contributed by atoms with Crippen molar-refractivity contribution in [1.29, 1.82) is 0 Å². The van der Waals surface area contributed by atoms with E-state index in [2.05, 4.69) is 29.5 Å². The highest BCUT2D eigenvalue weighted by molar-refractivity contribution is 6.09. The summed E-state index contributed by atoms with van der Waals surface area (Å²) < 4.78 is 1.85. The van der Waals surface area contributed by atoms with Crippen LogP contribution in [-0.4, -0.2) is 46.6 Å². The van der Waals surface area contributed by atoms with Crippen LogP contribution >= 0.6 is 0 Å². The predicted octanol–water partition coefficient (Wildman–Crippen LogP) is 4.79. The summed E-state index contributed by atoms with van der Waals surface area (Å²) in [6.07, 6.45) is 8.63. The van der Waals surface area contributed by atoms with Gasteiger partial charge in [-0.3, -0.25) is 19.4 Å². The number of allylic oxidation sites excluding steroid dienone is 1. The molecule has 0 spiro atoms. The Kier molecular flexibility index (Phi) is 9.33. The average Bonchev–Trinajstić information content (AvgIpc) is 3.35. The van der Waals surface area contributed by atoms with E-state index in [0.717, 1.165) is 16.9 Å². The predicted molar refractivity (Wildman–Crippen MR) is 142 cm³/mol. The van der Waals surface area contributed by atoms with Crippen LogP contribution < -0.4 is 10.6 Å². The smallest absolute Gasteiger partial charge is 0.322 e. The fourth-order valence-electron chi connectivity index (χ4n) is 3.50. The van der Waals surface area contributed by atoms with E-state index in [4.69, 9.17) is 5.11 Å². The topological polar surface area (TPSA) is 113 Å². The van der Waals surface area contributed by atoms with Crippen molar-refractivity contribution in [2.24, 2.45) is 4.99 Å². The first-order valence-corrected chi connectivity index (χ1v) is 11.8. The molecular weight excluding hydrogens is 456 g/mol. The summed E-state index contributed by atoms with van der Waals surface area (Å²) in [5, 5.41) is 14.3. The second-order valence-electron chi connectivity index (χ2n) is 8.11. The number of aromatic nitrogens is 1. The van der Waals surface area contributed by atoms with Crippen LogP contribution in [0.25, 0.3) is 6.08 Å². The molecule has 0 radical (unpaired) electrons. The summed E-state index contributed by atoms with van der Waals surface area (Å²) in [6.45, 7) is 4.92. The number of fused-ring (bicyclic) bond motifs is 1. The molecule has 1 amide bonds. The Morgan fingerprint density at radius 3 is 2.67 bits per heavy atom. The molecule has 0 aliphatic carbocycles. The molecule has 4 rings (SSSR count). The number of carbonyl (C=O) groups excluding carboxylic acids is 2. The Morgan fingerprint density at radius 2 is 1.89 bits per heavy atom. The van der Waals surface area contributed by atoms with Gasteiger partial charge in [-0.25, -0.2) is 0 Å². The van der Waals surface area contributed by atoms with E-state index in [1.165, 1.54) is 6.42 Å². The molecule has 0 unspecified atom stereocenters. The van der Waals surface area contributed by atoms with Crippen LogP contribution in [0.3, 0.4) is 0 Å². The van der Waals surface area contributed by atoms with Gasteiger partial charge >= 0.3 is 5.97 Å². The summed E-state index contributed by atoms with van der Waals surface area (Å²) in [6, 6.07) is 15.9. The highest BCUT2D eigenvalue weighted by Crippen LogP contribution is 2.28. The first-order valence-electron chi connectivity index (χ1n) is 11.8. The number of carboxylic acids is 1. The third-order valence-corrected chi connectivity index (χ3v) is 5.10. The van der Waals surface area contributed by atoms with E-state index in [0.29, 0.717) is 29.9 Å². The highest BCUT2D eigenvalue weighted by atomic mass is 16.4. The van der Waals surface area contributed by atoms with Crippen molar-refractivity contribution in [3.8, 4) is 0 Å². The van der Waals surface area contributed by atoms with E-state index in [-0.39, 0.29) is 5.78 Å². The van der Waals surface area contributed by atoms with Crippen molar-refractivity contribution in [2.75, 3.05) is 18.4 Å². The van der Waals surface area contributed by atoms with Crippen LogP contribution in [0.1, 0.15) is 52.2 Å². The van der Waals surface area contributed by atoms with Crippen molar-refractivity contribution in [3.05, 3.63) is 89.3 Å². The number of amides is 1. The number of nitrogens with one attached hydrogen (secondary N) is 2. The molecule has 2 heterocycles. The Labute approximate surface area is 210 Å². The Morgan fingerprint density at radius 1 is 1.08 bits per heavy atom. The van der Waals surface area contributed by atoms with Crippen molar-refractivity contribution in [2.45, 2.75) is 26.8 Å². The van der Waals surface area contributed by atoms with Crippen LogP contribution in [0, 0.1) is 0 Å². The number of benzene rings is 2. The molecule has 0 saturated carbocycles. The fourth-order valence-corrected chi connectivity index (χ4v) is 3.50. The molecule has 36 heavy (non-hydrogen) atoms. The standard InChI is InChI=1S/C25H22N4O4.C3H8/c30-23(31)16-28-25(33)19-6-1-4-17(14-19)5-2-12-29-13-3-7-22(29)24(32)18-8-9-20-21(15-18)27-11-10-26-20;1-3-2/h1-10,13-15,27H,11-12,16H2,(H,28,33)(H,30,31);3H2,1-2H3/b5-2+;. The monoisotopic (exact) mass is 486 g/mol. The largest absolute Gasteiger partial charge is 0.480 e. The minimum absolute atomic E-state index is 0.0790. The fraction of sp³-hybridized carbons (Fsp3) is 0.214. The van der Waals surface area contributed by atoms with Gasteiger partial charge < -0.3 is 20.3 Å². The number of anilines is 1.